The van der Waals surface area contributed by atoms with E-state index in [0.717, 1.165) is 30.5 Å². The van der Waals surface area contributed by atoms with Crippen LogP contribution in [0.3, 0.4) is 0 Å². The average Bonchev–Trinajstić information content (AvgIpc) is 2.94. The second-order valence-corrected chi connectivity index (χ2v) is 5.18. The summed E-state index contributed by atoms with van der Waals surface area (Å²) in [5, 5.41) is 8.92. The minimum atomic E-state index is -0.856. The van der Waals surface area contributed by atoms with Crippen molar-refractivity contribution in [2.75, 3.05) is 13.6 Å². The molecule has 0 heterocycles. The standard InChI is InChI=1S/C14H19NO2/c1-10-6-13(10)9-15(2)8-11-4-3-5-12(7-11)14(16)17/h3-5,7,10,13H,6,8-9H2,1-2H3,(H,16,17). The van der Waals surface area contributed by atoms with Gasteiger partial charge >= 0.3 is 5.97 Å². The van der Waals surface area contributed by atoms with E-state index in [1.165, 1.54) is 6.42 Å². The number of hydrogen-bond donors (Lipinski definition) is 1. The fourth-order valence-electron chi connectivity index (χ4n) is 2.23. The molecule has 2 unspecified atom stereocenters. The zero-order chi connectivity index (χ0) is 12.4. The summed E-state index contributed by atoms with van der Waals surface area (Å²) in [5.74, 6) is 0.843. The van der Waals surface area contributed by atoms with Gasteiger partial charge in [-0.15, -0.1) is 0 Å². The molecule has 1 aliphatic carbocycles. The number of benzene rings is 1. The largest absolute Gasteiger partial charge is 0.478 e. The summed E-state index contributed by atoms with van der Waals surface area (Å²) in [6.07, 6.45) is 1.33. The molecular formula is C14H19NO2. The predicted octanol–water partition coefficient (Wildman–Crippen LogP) is 2.47. The predicted molar refractivity (Wildman–Crippen MR) is 67.0 cm³/mol. The third-order valence-corrected chi connectivity index (χ3v) is 3.45. The summed E-state index contributed by atoms with van der Waals surface area (Å²) in [7, 11) is 2.10. The molecule has 17 heavy (non-hydrogen) atoms. The Hall–Kier alpha value is -1.35. The van der Waals surface area contributed by atoms with Crippen molar-refractivity contribution in [1.29, 1.82) is 0 Å². The summed E-state index contributed by atoms with van der Waals surface area (Å²) in [6.45, 7) is 4.21. The monoisotopic (exact) mass is 233 g/mol. The van der Waals surface area contributed by atoms with Gasteiger partial charge in [0.2, 0.25) is 0 Å². The summed E-state index contributed by atoms with van der Waals surface area (Å²) in [4.78, 5) is 13.1. The van der Waals surface area contributed by atoms with Crippen LogP contribution in [0.5, 0.6) is 0 Å². The quantitative estimate of drug-likeness (QED) is 0.849. The first-order valence-corrected chi connectivity index (χ1v) is 6.07. The molecule has 3 heteroatoms. The van der Waals surface area contributed by atoms with Gasteiger partial charge in [-0.1, -0.05) is 19.1 Å². The molecule has 0 aromatic heterocycles. The maximum Gasteiger partial charge on any atom is 0.335 e. The molecule has 2 atom stereocenters. The van der Waals surface area contributed by atoms with Crippen molar-refractivity contribution >= 4 is 5.97 Å². The molecule has 1 aliphatic rings. The second-order valence-electron chi connectivity index (χ2n) is 5.18. The molecule has 2 rings (SSSR count). The number of aromatic carboxylic acids is 1. The van der Waals surface area contributed by atoms with Crippen LogP contribution in [0.2, 0.25) is 0 Å². The maximum absolute atomic E-state index is 10.9. The van der Waals surface area contributed by atoms with Gasteiger partial charge in [0, 0.05) is 13.1 Å². The minimum absolute atomic E-state index is 0.371. The van der Waals surface area contributed by atoms with Gasteiger partial charge in [-0.3, -0.25) is 0 Å². The molecule has 1 aromatic carbocycles. The van der Waals surface area contributed by atoms with E-state index in [4.69, 9.17) is 5.11 Å². The minimum Gasteiger partial charge on any atom is -0.478 e. The molecule has 1 aromatic rings. The molecule has 1 fully saturated rings. The van der Waals surface area contributed by atoms with Crippen molar-refractivity contribution < 1.29 is 9.90 Å². The maximum atomic E-state index is 10.9. The van der Waals surface area contributed by atoms with Crippen molar-refractivity contribution in [3.63, 3.8) is 0 Å². The van der Waals surface area contributed by atoms with E-state index >= 15 is 0 Å². The van der Waals surface area contributed by atoms with E-state index in [9.17, 15) is 4.79 Å². The Morgan fingerprint density at radius 3 is 2.82 bits per heavy atom. The Labute approximate surface area is 102 Å². The molecular weight excluding hydrogens is 214 g/mol. The Bertz CT molecular complexity index is 416. The van der Waals surface area contributed by atoms with E-state index in [0.29, 0.717) is 5.56 Å². The number of nitrogens with zero attached hydrogens (tertiary/aromatic N) is 1. The first kappa shape index (κ1) is 12.1. The summed E-state index contributed by atoms with van der Waals surface area (Å²) < 4.78 is 0. The lowest BCUT2D eigenvalue weighted by Gasteiger charge is -2.16. The van der Waals surface area contributed by atoms with Gasteiger partial charge in [0.25, 0.3) is 0 Å². The zero-order valence-electron chi connectivity index (χ0n) is 10.4. The topological polar surface area (TPSA) is 40.5 Å². The third kappa shape index (κ3) is 3.30. The van der Waals surface area contributed by atoms with Gasteiger partial charge in [-0.05, 0) is 43.0 Å². The summed E-state index contributed by atoms with van der Waals surface area (Å²) >= 11 is 0. The Morgan fingerprint density at radius 1 is 1.53 bits per heavy atom. The number of rotatable bonds is 5. The van der Waals surface area contributed by atoms with Gasteiger partial charge in [-0.25, -0.2) is 4.79 Å². The highest BCUT2D eigenvalue weighted by Crippen LogP contribution is 2.38. The fraction of sp³-hybridized carbons (Fsp3) is 0.500. The fourth-order valence-corrected chi connectivity index (χ4v) is 2.23. The molecule has 0 bridgehead atoms. The molecule has 1 saturated carbocycles. The lowest BCUT2D eigenvalue weighted by molar-refractivity contribution is 0.0696. The second kappa shape index (κ2) is 4.88. The van der Waals surface area contributed by atoms with Crippen LogP contribution < -0.4 is 0 Å². The normalized spacial score (nSPS) is 22.8. The third-order valence-electron chi connectivity index (χ3n) is 3.45. The van der Waals surface area contributed by atoms with E-state index in [1.807, 2.05) is 12.1 Å². The van der Waals surface area contributed by atoms with E-state index < -0.39 is 5.97 Å². The van der Waals surface area contributed by atoms with E-state index in [-0.39, 0.29) is 0 Å². The number of carbonyl (C=O) groups is 1. The molecule has 92 valence electrons. The van der Waals surface area contributed by atoms with Gasteiger partial charge in [0.15, 0.2) is 0 Å². The van der Waals surface area contributed by atoms with Crippen LogP contribution in [-0.2, 0) is 6.54 Å². The number of carboxylic acids is 1. The number of carboxylic acid groups (broad SMARTS) is 1. The SMILES string of the molecule is CC1CC1CN(C)Cc1cccc(C(=O)O)c1. The molecule has 0 saturated heterocycles. The highest BCUT2D eigenvalue weighted by atomic mass is 16.4. The molecule has 0 radical (unpaired) electrons. The lowest BCUT2D eigenvalue weighted by atomic mass is 10.1. The summed E-state index contributed by atoms with van der Waals surface area (Å²) in [5.41, 5.74) is 1.44. The van der Waals surface area contributed by atoms with E-state index in [2.05, 4.69) is 18.9 Å². The van der Waals surface area contributed by atoms with Crippen LogP contribution in [0.4, 0.5) is 0 Å². The molecule has 0 amide bonds. The first-order chi connectivity index (χ1) is 8.06. The van der Waals surface area contributed by atoms with Crippen molar-refractivity contribution in [1.82, 2.24) is 4.90 Å². The highest BCUT2D eigenvalue weighted by Gasteiger charge is 2.32. The van der Waals surface area contributed by atoms with Gasteiger partial charge in [0.1, 0.15) is 0 Å². The molecule has 0 aliphatic heterocycles. The van der Waals surface area contributed by atoms with Gasteiger partial charge in [0.05, 0.1) is 5.56 Å². The van der Waals surface area contributed by atoms with Crippen LogP contribution in [0.25, 0.3) is 0 Å². The van der Waals surface area contributed by atoms with Gasteiger partial charge in [-0.2, -0.15) is 0 Å². The molecule has 1 N–H and O–H groups in total. The van der Waals surface area contributed by atoms with E-state index in [1.54, 1.807) is 12.1 Å². The highest BCUT2D eigenvalue weighted by molar-refractivity contribution is 5.87. The molecule has 0 spiro atoms. The molecule has 3 nitrogen and oxygen atoms in total. The van der Waals surface area contributed by atoms with Crippen molar-refractivity contribution in [3.05, 3.63) is 35.4 Å². The zero-order valence-corrected chi connectivity index (χ0v) is 10.4. The Balaban J connectivity index is 1.93. The smallest absolute Gasteiger partial charge is 0.335 e. The van der Waals surface area contributed by atoms with Crippen molar-refractivity contribution in [2.24, 2.45) is 11.8 Å². The van der Waals surface area contributed by atoms with Gasteiger partial charge < -0.3 is 10.0 Å². The van der Waals surface area contributed by atoms with Crippen molar-refractivity contribution in [3.8, 4) is 0 Å². The van der Waals surface area contributed by atoms with Crippen LogP contribution in [0, 0.1) is 11.8 Å². The average molecular weight is 233 g/mol. The summed E-state index contributed by atoms with van der Waals surface area (Å²) in [6, 6.07) is 7.19. The van der Waals surface area contributed by atoms with Crippen LogP contribution >= 0.6 is 0 Å². The van der Waals surface area contributed by atoms with Crippen LogP contribution in [-0.4, -0.2) is 29.6 Å². The van der Waals surface area contributed by atoms with Crippen LogP contribution in [0.15, 0.2) is 24.3 Å². The lowest BCUT2D eigenvalue weighted by Crippen LogP contribution is -2.21. The first-order valence-electron chi connectivity index (χ1n) is 6.07. The van der Waals surface area contributed by atoms with Crippen molar-refractivity contribution in [2.45, 2.75) is 19.9 Å². The Kier molecular flexibility index (Phi) is 3.48. The van der Waals surface area contributed by atoms with Crippen LogP contribution in [0.1, 0.15) is 29.3 Å². The Morgan fingerprint density at radius 2 is 2.24 bits per heavy atom. The number of hydrogen-bond acceptors (Lipinski definition) is 2.